The Morgan fingerprint density at radius 1 is 1.05 bits per heavy atom. The molecule has 0 aliphatic carbocycles. The Kier molecular flexibility index (Phi) is 7.47. The predicted molar refractivity (Wildman–Crippen MR) is 134 cm³/mol. The fraction of sp³-hybridized carbons (Fsp3) is 0.259. The van der Waals surface area contributed by atoms with Crippen molar-refractivity contribution < 1.29 is 27.1 Å². The number of halogens is 4. The van der Waals surface area contributed by atoms with Gasteiger partial charge in [-0.3, -0.25) is 9.78 Å². The molecule has 0 unspecified atom stereocenters. The second-order valence-corrected chi connectivity index (χ2v) is 9.52. The summed E-state index contributed by atoms with van der Waals surface area (Å²) in [5, 5.41) is 7.79. The monoisotopic (exact) mass is 527 g/mol. The molecule has 0 bridgehead atoms. The van der Waals surface area contributed by atoms with Gasteiger partial charge in [0.15, 0.2) is 6.29 Å². The molecule has 1 aromatic carbocycles. The third-order valence-corrected chi connectivity index (χ3v) is 5.48. The van der Waals surface area contributed by atoms with Crippen molar-refractivity contribution in [2.24, 2.45) is 0 Å². The van der Waals surface area contributed by atoms with E-state index < -0.39 is 24.0 Å². The lowest BCUT2D eigenvalue weighted by molar-refractivity contribution is -0.127. The molecule has 11 heteroatoms. The van der Waals surface area contributed by atoms with Crippen molar-refractivity contribution in [3.63, 3.8) is 0 Å². The highest BCUT2D eigenvalue weighted by Gasteiger charge is 2.31. The molecular formula is C27H25F4N5O2. The van der Waals surface area contributed by atoms with Crippen LogP contribution in [0.15, 0.2) is 60.9 Å². The standard InChI is InChI=1S/C27H25F4N5O2/c1-26(2,3)36-25(34-23-6-4-5-11-32-23)21(15-37)24(35-36)17-7-8-18(13-27(29,30)31)22(12-17)38-16-20-10-9-19(28)14-33-20/h4-12,14-15H,13,16H2,1-3H3,(H,32,34). The molecular weight excluding hydrogens is 502 g/mol. The van der Waals surface area contributed by atoms with E-state index in [2.05, 4.69) is 20.4 Å². The van der Waals surface area contributed by atoms with E-state index in [1.807, 2.05) is 20.8 Å². The summed E-state index contributed by atoms with van der Waals surface area (Å²) in [6, 6.07) is 12.0. The lowest BCUT2D eigenvalue weighted by Gasteiger charge is -2.22. The van der Waals surface area contributed by atoms with Crippen molar-refractivity contribution in [3.8, 4) is 17.0 Å². The molecule has 0 amide bonds. The zero-order valence-electron chi connectivity index (χ0n) is 20.9. The smallest absolute Gasteiger partial charge is 0.393 e. The van der Waals surface area contributed by atoms with Crippen LogP contribution in [0.25, 0.3) is 11.3 Å². The lowest BCUT2D eigenvalue weighted by atomic mass is 10.0. The van der Waals surface area contributed by atoms with Crippen LogP contribution in [0.3, 0.4) is 0 Å². The summed E-state index contributed by atoms with van der Waals surface area (Å²) >= 11 is 0. The SMILES string of the molecule is CC(C)(C)n1nc(-c2ccc(CC(F)(F)F)c(OCc3ccc(F)cn3)c2)c(C=O)c1Nc1ccccn1. The van der Waals surface area contributed by atoms with E-state index in [1.165, 1.54) is 30.3 Å². The molecule has 3 aromatic heterocycles. The number of carbonyl (C=O) groups excluding carboxylic acids is 1. The van der Waals surface area contributed by atoms with Crippen molar-refractivity contribution in [2.45, 2.75) is 45.5 Å². The van der Waals surface area contributed by atoms with Crippen molar-refractivity contribution in [2.75, 3.05) is 5.32 Å². The minimum atomic E-state index is -4.48. The fourth-order valence-corrected chi connectivity index (χ4v) is 3.76. The first-order valence-electron chi connectivity index (χ1n) is 11.6. The van der Waals surface area contributed by atoms with Crippen LogP contribution < -0.4 is 10.1 Å². The van der Waals surface area contributed by atoms with E-state index in [0.29, 0.717) is 29.2 Å². The molecule has 0 spiro atoms. The van der Waals surface area contributed by atoms with Gasteiger partial charge in [0.05, 0.1) is 29.4 Å². The summed E-state index contributed by atoms with van der Waals surface area (Å²) in [7, 11) is 0. The average Bonchev–Trinajstić information content (AvgIpc) is 3.23. The topological polar surface area (TPSA) is 81.9 Å². The van der Waals surface area contributed by atoms with E-state index in [0.717, 1.165) is 6.20 Å². The van der Waals surface area contributed by atoms with E-state index in [9.17, 15) is 22.4 Å². The number of hydrogen-bond donors (Lipinski definition) is 1. The second-order valence-electron chi connectivity index (χ2n) is 9.52. The number of benzene rings is 1. The number of rotatable bonds is 8. The van der Waals surface area contributed by atoms with Crippen LogP contribution in [0.5, 0.6) is 5.75 Å². The summed E-state index contributed by atoms with van der Waals surface area (Å²) in [6.07, 6.45) is -2.46. The summed E-state index contributed by atoms with van der Waals surface area (Å²) < 4.78 is 60.4. The van der Waals surface area contributed by atoms with E-state index in [4.69, 9.17) is 4.74 Å². The molecule has 0 radical (unpaired) electrons. The van der Waals surface area contributed by atoms with E-state index in [1.54, 1.807) is 29.1 Å². The van der Waals surface area contributed by atoms with Crippen LogP contribution in [-0.2, 0) is 18.6 Å². The molecule has 38 heavy (non-hydrogen) atoms. The molecule has 3 heterocycles. The number of aromatic nitrogens is 4. The Morgan fingerprint density at radius 2 is 1.84 bits per heavy atom. The van der Waals surface area contributed by atoms with Gasteiger partial charge in [-0.2, -0.15) is 18.3 Å². The van der Waals surface area contributed by atoms with Crippen LogP contribution in [0.2, 0.25) is 0 Å². The summed E-state index contributed by atoms with van der Waals surface area (Å²) in [5.74, 6) is 0.286. The van der Waals surface area contributed by atoms with Crippen LogP contribution in [0.4, 0.5) is 29.2 Å². The number of nitrogens with one attached hydrogen (secondary N) is 1. The Hall–Kier alpha value is -4.28. The average molecular weight is 528 g/mol. The van der Waals surface area contributed by atoms with Crippen molar-refractivity contribution in [1.29, 1.82) is 0 Å². The van der Waals surface area contributed by atoms with E-state index in [-0.39, 0.29) is 29.2 Å². The maximum absolute atomic E-state index is 13.3. The first kappa shape index (κ1) is 26.8. The van der Waals surface area contributed by atoms with Crippen molar-refractivity contribution in [3.05, 3.63) is 83.6 Å². The highest BCUT2D eigenvalue weighted by Crippen LogP contribution is 2.37. The van der Waals surface area contributed by atoms with Gasteiger partial charge in [-0.05, 0) is 51.1 Å². The van der Waals surface area contributed by atoms with Crippen molar-refractivity contribution in [1.82, 2.24) is 19.7 Å². The number of aldehydes is 1. The maximum atomic E-state index is 13.3. The number of pyridine rings is 2. The van der Waals surface area contributed by atoms with Gasteiger partial charge in [0.2, 0.25) is 0 Å². The number of nitrogens with zero attached hydrogens (tertiary/aromatic N) is 4. The summed E-state index contributed by atoms with van der Waals surface area (Å²) in [4.78, 5) is 20.4. The first-order valence-corrected chi connectivity index (χ1v) is 11.6. The zero-order valence-corrected chi connectivity index (χ0v) is 20.9. The first-order chi connectivity index (χ1) is 17.9. The van der Waals surface area contributed by atoms with Gasteiger partial charge in [-0.1, -0.05) is 18.2 Å². The molecule has 0 aliphatic heterocycles. The lowest BCUT2D eigenvalue weighted by Crippen LogP contribution is -2.24. The Bertz CT molecular complexity index is 1410. The maximum Gasteiger partial charge on any atom is 0.393 e. The largest absolute Gasteiger partial charge is 0.487 e. The molecule has 4 rings (SSSR count). The van der Waals surface area contributed by atoms with Gasteiger partial charge in [0.1, 0.15) is 35.5 Å². The fourth-order valence-electron chi connectivity index (χ4n) is 3.76. The van der Waals surface area contributed by atoms with Gasteiger partial charge in [0.25, 0.3) is 0 Å². The van der Waals surface area contributed by atoms with E-state index >= 15 is 0 Å². The Morgan fingerprint density at radius 3 is 2.45 bits per heavy atom. The Balaban J connectivity index is 1.78. The molecule has 0 saturated heterocycles. The molecule has 7 nitrogen and oxygen atoms in total. The number of carbonyl (C=O) groups is 1. The molecule has 4 aromatic rings. The number of hydrogen-bond acceptors (Lipinski definition) is 6. The normalized spacial score (nSPS) is 11.9. The second kappa shape index (κ2) is 10.6. The van der Waals surface area contributed by atoms with Gasteiger partial charge >= 0.3 is 6.18 Å². The van der Waals surface area contributed by atoms with Crippen LogP contribution in [0.1, 0.15) is 42.4 Å². The highest BCUT2D eigenvalue weighted by molar-refractivity contribution is 5.93. The van der Waals surface area contributed by atoms with Crippen LogP contribution in [0, 0.1) is 5.82 Å². The molecule has 0 fully saturated rings. The molecule has 0 aliphatic rings. The number of ether oxygens (including phenoxy) is 1. The number of alkyl halides is 3. The molecule has 0 saturated carbocycles. The van der Waals surface area contributed by atoms with Crippen LogP contribution >= 0.6 is 0 Å². The van der Waals surface area contributed by atoms with Gasteiger partial charge < -0.3 is 10.1 Å². The predicted octanol–water partition coefficient (Wildman–Crippen LogP) is 6.47. The Labute approximate surface area is 216 Å². The van der Waals surface area contributed by atoms with Gasteiger partial charge in [-0.25, -0.2) is 14.1 Å². The molecule has 198 valence electrons. The third-order valence-electron chi connectivity index (χ3n) is 5.48. The highest BCUT2D eigenvalue weighted by atomic mass is 19.4. The molecule has 0 atom stereocenters. The zero-order chi connectivity index (χ0) is 27.5. The van der Waals surface area contributed by atoms with Gasteiger partial charge in [-0.15, -0.1) is 0 Å². The minimum Gasteiger partial charge on any atom is -0.487 e. The minimum absolute atomic E-state index is 0.0488. The summed E-state index contributed by atoms with van der Waals surface area (Å²) in [5.41, 5.74) is 0.529. The molecule has 1 N–H and O–H groups in total. The van der Waals surface area contributed by atoms with Crippen LogP contribution in [-0.4, -0.2) is 32.2 Å². The van der Waals surface area contributed by atoms with Crippen molar-refractivity contribution >= 4 is 17.9 Å². The van der Waals surface area contributed by atoms with Gasteiger partial charge in [0, 0.05) is 17.3 Å². The number of anilines is 2. The quantitative estimate of drug-likeness (QED) is 0.209. The summed E-state index contributed by atoms with van der Waals surface area (Å²) in [6.45, 7) is 5.52. The third kappa shape index (κ3) is 6.34.